The summed E-state index contributed by atoms with van der Waals surface area (Å²) in [5.41, 5.74) is 2.70. The quantitative estimate of drug-likeness (QED) is 0.462. The summed E-state index contributed by atoms with van der Waals surface area (Å²) in [5.74, 6) is 2.37. The molecule has 4 heterocycles. The fourth-order valence-corrected chi connectivity index (χ4v) is 4.55. The van der Waals surface area contributed by atoms with Gasteiger partial charge in [-0.15, -0.1) is 0 Å². The van der Waals surface area contributed by atoms with E-state index in [2.05, 4.69) is 16.1 Å². The number of fused-ring (bicyclic) bond motifs is 1. The molecule has 0 saturated carbocycles. The van der Waals surface area contributed by atoms with E-state index in [9.17, 15) is 4.79 Å². The molecule has 172 valence electrons. The maximum atomic E-state index is 13.6. The molecule has 0 atom stereocenters. The molecule has 4 aromatic rings. The van der Waals surface area contributed by atoms with E-state index in [1.807, 2.05) is 81.1 Å². The molecular formula is C26H25N5O3. The van der Waals surface area contributed by atoms with E-state index in [0.29, 0.717) is 18.7 Å². The van der Waals surface area contributed by atoms with Crippen molar-refractivity contribution in [2.24, 2.45) is 0 Å². The molecule has 1 saturated heterocycles. The Hall–Kier alpha value is -4.04. The zero-order chi connectivity index (χ0) is 22.9. The highest BCUT2D eigenvalue weighted by atomic mass is 16.7. The van der Waals surface area contributed by atoms with Crippen molar-refractivity contribution in [2.45, 2.75) is 6.54 Å². The van der Waals surface area contributed by atoms with Crippen molar-refractivity contribution in [1.29, 1.82) is 0 Å². The molecule has 2 aromatic carbocycles. The van der Waals surface area contributed by atoms with Crippen molar-refractivity contribution < 1.29 is 14.3 Å². The average Bonchev–Trinajstić information content (AvgIpc) is 3.65. The topological polar surface area (TPSA) is 64.8 Å². The number of benzene rings is 2. The largest absolute Gasteiger partial charge is 0.454 e. The molecule has 34 heavy (non-hydrogen) atoms. The Morgan fingerprint density at radius 3 is 2.44 bits per heavy atom. The molecule has 0 unspecified atom stereocenters. The van der Waals surface area contributed by atoms with Gasteiger partial charge in [0.2, 0.25) is 6.79 Å². The Labute approximate surface area is 197 Å². The van der Waals surface area contributed by atoms with Gasteiger partial charge in [-0.1, -0.05) is 24.3 Å². The summed E-state index contributed by atoms with van der Waals surface area (Å²) < 4.78 is 14.7. The van der Waals surface area contributed by atoms with E-state index in [4.69, 9.17) is 9.47 Å². The summed E-state index contributed by atoms with van der Waals surface area (Å²) in [6.07, 6.45) is 5.57. The van der Waals surface area contributed by atoms with E-state index in [1.165, 1.54) is 5.56 Å². The first-order valence-corrected chi connectivity index (χ1v) is 11.4. The fourth-order valence-electron chi connectivity index (χ4n) is 4.55. The molecule has 8 heteroatoms. The summed E-state index contributed by atoms with van der Waals surface area (Å²) in [6.45, 7) is 4.07. The van der Waals surface area contributed by atoms with Crippen molar-refractivity contribution in [3.05, 3.63) is 90.4 Å². The maximum absolute atomic E-state index is 13.6. The van der Waals surface area contributed by atoms with Crippen LogP contribution in [0.4, 0.5) is 0 Å². The molecule has 0 bridgehead atoms. The number of rotatable bonds is 5. The van der Waals surface area contributed by atoms with Crippen LogP contribution < -0.4 is 9.47 Å². The molecule has 1 fully saturated rings. The van der Waals surface area contributed by atoms with Crippen molar-refractivity contribution in [3.8, 4) is 23.0 Å². The van der Waals surface area contributed by atoms with Crippen molar-refractivity contribution in [3.63, 3.8) is 0 Å². The average molecular weight is 456 g/mol. The lowest BCUT2D eigenvalue weighted by atomic mass is 10.1. The normalized spacial score (nSPS) is 15.6. The van der Waals surface area contributed by atoms with Gasteiger partial charge in [0, 0.05) is 45.1 Å². The van der Waals surface area contributed by atoms with Crippen LogP contribution in [0.1, 0.15) is 15.9 Å². The lowest BCUT2D eigenvalue weighted by molar-refractivity contribution is 0.0628. The standard InChI is InChI=1S/C26H25N5O3/c32-26(22-17-27-31(21-6-2-1-3-7-21)25(22)29-10-4-5-11-29)30-14-12-28(13-15-30)18-20-8-9-23-24(16-20)34-19-33-23/h1-11,16-17H,12-15,18-19H2. The molecule has 2 aliphatic rings. The highest BCUT2D eigenvalue weighted by Gasteiger charge is 2.27. The molecule has 1 amide bonds. The number of carbonyl (C=O) groups excluding carboxylic acids is 1. The second kappa shape index (κ2) is 8.72. The first-order chi connectivity index (χ1) is 16.8. The van der Waals surface area contributed by atoms with Crippen LogP contribution in [-0.4, -0.2) is 63.0 Å². The number of para-hydroxylation sites is 1. The maximum Gasteiger partial charge on any atom is 0.259 e. The third kappa shape index (κ3) is 3.82. The number of hydrogen-bond donors (Lipinski definition) is 0. The highest BCUT2D eigenvalue weighted by molar-refractivity contribution is 5.97. The van der Waals surface area contributed by atoms with E-state index < -0.39 is 0 Å². The minimum Gasteiger partial charge on any atom is -0.454 e. The van der Waals surface area contributed by atoms with Gasteiger partial charge in [0.25, 0.3) is 5.91 Å². The van der Waals surface area contributed by atoms with Crippen LogP contribution in [0.2, 0.25) is 0 Å². The predicted octanol–water partition coefficient (Wildman–Crippen LogP) is 3.35. The number of piperazine rings is 1. The summed E-state index contributed by atoms with van der Waals surface area (Å²) in [6, 6.07) is 19.9. The second-order valence-corrected chi connectivity index (χ2v) is 8.48. The number of ether oxygens (including phenoxy) is 2. The first kappa shape index (κ1) is 20.6. The zero-order valence-electron chi connectivity index (χ0n) is 18.7. The number of nitrogens with zero attached hydrogens (tertiary/aromatic N) is 5. The SMILES string of the molecule is O=C(c1cnn(-c2ccccc2)c1-n1cccc1)N1CCN(Cc2ccc3c(c2)OCO3)CC1. The molecule has 0 N–H and O–H groups in total. The Bertz CT molecular complexity index is 1290. The molecule has 8 nitrogen and oxygen atoms in total. The van der Waals surface area contributed by atoms with Gasteiger partial charge in [-0.05, 0) is 42.0 Å². The summed E-state index contributed by atoms with van der Waals surface area (Å²) in [7, 11) is 0. The van der Waals surface area contributed by atoms with Gasteiger partial charge in [-0.25, -0.2) is 4.68 Å². The molecule has 6 rings (SSSR count). The molecule has 2 aromatic heterocycles. The van der Waals surface area contributed by atoms with Crippen LogP contribution in [0.25, 0.3) is 11.5 Å². The highest BCUT2D eigenvalue weighted by Crippen LogP contribution is 2.33. The van der Waals surface area contributed by atoms with Crippen molar-refractivity contribution >= 4 is 5.91 Å². The van der Waals surface area contributed by atoms with Crippen LogP contribution in [0.3, 0.4) is 0 Å². The van der Waals surface area contributed by atoms with Crippen molar-refractivity contribution in [1.82, 2.24) is 24.1 Å². The number of carbonyl (C=O) groups is 1. The Balaban J connectivity index is 1.18. The first-order valence-electron chi connectivity index (χ1n) is 11.4. The van der Waals surface area contributed by atoms with Gasteiger partial charge in [-0.2, -0.15) is 5.10 Å². The monoisotopic (exact) mass is 455 g/mol. The Morgan fingerprint density at radius 1 is 0.882 bits per heavy atom. The predicted molar refractivity (Wildman–Crippen MR) is 127 cm³/mol. The van der Waals surface area contributed by atoms with Crippen LogP contribution in [-0.2, 0) is 6.54 Å². The van der Waals surface area contributed by atoms with E-state index >= 15 is 0 Å². The summed E-state index contributed by atoms with van der Waals surface area (Å²) >= 11 is 0. The molecule has 2 aliphatic heterocycles. The van der Waals surface area contributed by atoms with Crippen LogP contribution >= 0.6 is 0 Å². The third-order valence-corrected chi connectivity index (χ3v) is 6.33. The number of aromatic nitrogens is 3. The van der Waals surface area contributed by atoms with Crippen LogP contribution in [0.5, 0.6) is 11.5 Å². The van der Waals surface area contributed by atoms with E-state index in [1.54, 1.807) is 6.20 Å². The lowest BCUT2D eigenvalue weighted by Crippen LogP contribution is -2.48. The fraction of sp³-hybridized carbons (Fsp3) is 0.231. The van der Waals surface area contributed by atoms with Gasteiger partial charge in [-0.3, -0.25) is 9.69 Å². The van der Waals surface area contributed by atoms with Crippen LogP contribution in [0, 0.1) is 0 Å². The smallest absolute Gasteiger partial charge is 0.259 e. The van der Waals surface area contributed by atoms with E-state index in [-0.39, 0.29) is 12.7 Å². The second-order valence-electron chi connectivity index (χ2n) is 8.48. The minimum absolute atomic E-state index is 0.00797. The number of hydrogen-bond acceptors (Lipinski definition) is 5. The van der Waals surface area contributed by atoms with E-state index in [0.717, 1.165) is 42.6 Å². The Morgan fingerprint density at radius 2 is 1.65 bits per heavy atom. The van der Waals surface area contributed by atoms with Gasteiger partial charge >= 0.3 is 0 Å². The third-order valence-electron chi connectivity index (χ3n) is 6.33. The van der Waals surface area contributed by atoms with Gasteiger partial charge < -0.3 is 18.9 Å². The van der Waals surface area contributed by atoms with Crippen molar-refractivity contribution in [2.75, 3.05) is 33.0 Å². The molecule has 0 radical (unpaired) electrons. The molecule has 0 aliphatic carbocycles. The zero-order valence-corrected chi connectivity index (χ0v) is 18.7. The number of amides is 1. The van der Waals surface area contributed by atoms with Gasteiger partial charge in [0.15, 0.2) is 17.3 Å². The molecule has 0 spiro atoms. The lowest BCUT2D eigenvalue weighted by Gasteiger charge is -2.34. The molecular weight excluding hydrogens is 430 g/mol. The minimum atomic E-state index is 0.00797. The van der Waals surface area contributed by atoms with Gasteiger partial charge in [0.1, 0.15) is 5.56 Å². The van der Waals surface area contributed by atoms with Crippen LogP contribution in [0.15, 0.2) is 79.3 Å². The Kier molecular flexibility index (Phi) is 5.27. The summed E-state index contributed by atoms with van der Waals surface area (Å²) in [5, 5.41) is 4.57. The summed E-state index contributed by atoms with van der Waals surface area (Å²) in [4.78, 5) is 17.9. The van der Waals surface area contributed by atoms with Gasteiger partial charge in [0.05, 0.1) is 11.9 Å².